The minimum absolute atomic E-state index is 0.282. The molecule has 1 aliphatic heterocycles. The summed E-state index contributed by atoms with van der Waals surface area (Å²) in [4.78, 5) is 4.82. The van der Waals surface area contributed by atoms with E-state index in [4.69, 9.17) is 5.11 Å². The van der Waals surface area contributed by atoms with Crippen LogP contribution in [0.5, 0.6) is 0 Å². The van der Waals surface area contributed by atoms with E-state index >= 15 is 0 Å². The molecular formula is C15H24N2O. The number of piperidine rings is 1. The first-order valence-corrected chi connectivity index (χ1v) is 6.87. The second-order valence-corrected chi connectivity index (χ2v) is 5.20. The smallest absolute Gasteiger partial charge is 0.0558 e. The Hall–Kier alpha value is -0.900. The molecule has 100 valence electrons. The van der Waals surface area contributed by atoms with Gasteiger partial charge in [0.25, 0.3) is 0 Å². The molecule has 1 fully saturated rings. The summed E-state index contributed by atoms with van der Waals surface area (Å²) in [6.45, 7) is 4.37. The van der Waals surface area contributed by atoms with Crippen LogP contribution in [-0.4, -0.2) is 54.2 Å². The van der Waals surface area contributed by atoms with E-state index in [-0.39, 0.29) is 6.61 Å². The lowest BCUT2D eigenvalue weighted by molar-refractivity contribution is 0.108. The summed E-state index contributed by atoms with van der Waals surface area (Å²) in [6, 6.07) is 11.3. The maximum Gasteiger partial charge on any atom is 0.0558 e. The Morgan fingerprint density at radius 2 is 1.89 bits per heavy atom. The molecule has 1 aromatic rings. The van der Waals surface area contributed by atoms with Crippen LogP contribution in [0.2, 0.25) is 0 Å². The topological polar surface area (TPSA) is 26.7 Å². The van der Waals surface area contributed by atoms with Gasteiger partial charge in [-0.2, -0.15) is 0 Å². The van der Waals surface area contributed by atoms with Gasteiger partial charge >= 0.3 is 0 Å². The predicted octanol–water partition coefficient (Wildman–Crippen LogP) is 1.58. The quantitative estimate of drug-likeness (QED) is 0.857. The van der Waals surface area contributed by atoms with Crippen molar-refractivity contribution >= 4 is 0 Å². The van der Waals surface area contributed by atoms with Crippen molar-refractivity contribution in [3.63, 3.8) is 0 Å². The van der Waals surface area contributed by atoms with E-state index in [1.807, 2.05) is 0 Å². The summed E-state index contributed by atoms with van der Waals surface area (Å²) in [6.07, 6.45) is 2.42. The maximum absolute atomic E-state index is 8.94. The van der Waals surface area contributed by atoms with Gasteiger partial charge in [0.05, 0.1) is 6.61 Å². The Morgan fingerprint density at radius 3 is 2.50 bits per heavy atom. The van der Waals surface area contributed by atoms with Gasteiger partial charge in [0.15, 0.2) is 0 Å². The molecule has 2 rings (SSSR count). The zero-order chi connectivity index (χ0) is 12.8. The molecule has 0 bridgehead atoms. The number of aliphatic hydroxyl groups excluding tert-OH is 1. The summed E-state index contributed by atoms with van der Waals surface area (Å²) < 4.78 is 0. The number of nitrogens with zero attached hydrogens (tertiary/aromatic N) is 2. The lowest BCUT2D eigenvalue weighted by Crippen LogP contribution is -2.43. The fourth-order valence-electron chi connectivity index (χ4n) is 2.73. The van der Waals surface area contributed by atoms with E-state index in [9.17, 15) is 0 Å². The summed E-state index contributed by atoms with van der Waals surface area (Å²) in [5.74, 6) is 0. The Bertz CT molecular complexity index is 334. The van der Waals surface area contributed by atoms with Crippen molar-refractivity contribution in [2.45, 2.75) is 25.4 Å². The third-order valence-corrected chi connectivity index (χ3v) is 3.87. The monoisotopic (exact) mass is 248 g/mol. The van der Waals surface area contributed by atoms with Gasteiger partial charge in [-0.25, -0.2) is 0 Å². The number of β-amino-alcohol motifs (C(OH)–C–C–N with tert-alkyl or cyclic N) is 1. The molecule has 0 atom stereocenters. The van der Waals surface area contributed by atoms with Crippen LogP contribution in [0.3, 0.4) is 0 Å². The Kier molecular flexibility index (Phi) is 5.17. The molecule has 0 aliphatic carbocycles. The number of benzene rings is 1. The first-order valence-electron chi connectivity index (χ1n) is 6.87. The van der Waals surface area contributed by atoms with Gasteiger partial charge in [0.2, 0.25) is 0 Å². The number of hydrogen-bond donors (Lipinski definition) is 1. The number of aliphatic hydroxyl groups is 1. The van der Waals surface area contributed by atoms with Crippen molar-refractivity contribution in [3.8, 4) is 0 Å². The standard InChI is InChI=1S/C15H24N2O/c1-16(13-14-5-3-2-4-6-14)15-7-9-17(10-8-15)11-12-18/h2-6,15,18H,7-13H2,1H3. The first kappa shape index (κ1) is 13.5. The van der Waals surface area contributed by atoms with Crippen LogP contribution in [0.4, 0.5) is 0 Å². The van der Waals surface area contributed by atoms with Crippen molar-refractivity contribution in [1.82, 2.24) is 9.80 Å². The molecule has 1 aromatic carbocycles. The molecule has 0 spiro atoms. The fraction of sp³-hybridized carbons (Fsp3) is 0.600. The van der Waals surface area contributed by atoms with Gasteiger partial charge in [-0.15, -0.1) is 0 Å². The lowest BCUT2D eigenvalue weighted by Gasteiger charge is -2.36. The van der Waals surface area contributed by atoms with E-state index in [2.05, 4.69) is 47.2 Å². The SMILES string of the molecule is CN(Cc1ccccc1)C1CCN(CCO)CC1. The second kappa shape index (κ2) is 6.88. The van der Waals surface area contributed by atoms with Gasteiger partial charge < -0.3 is 10.0 Å². The second-order valence-electron chi connectivity index (χ2n) is 5.20. The largest absolute Gasteiger partial charge is 0.395 e. The van der Waals surface area contributed by atoms with Crippen LogP contribution in [-0.2, 0) is 6.54 Å². The maximum atomic E-state index is 8.94. The van der Waals surface area contributed by atoms with Crippen LogP contribution < -0.4 is 0 Å². The van der Waals surface area contributed by atoms with Crippen molar-refractivity contribution in [2.24, 2.45) is 0 Å². The summed E-state index contributed by atoms with van der Waals surface area (Å²) >= 11 is 0. The molecule has 0 radical (unpaired) electrons. The predicted molar refractivity (Wildman–Crippen MR) is 74.5 cm³/mol. The highest BCUT2D eigenvalue weighted by Crippen LogP contribution is 2.17. The van der Waals surface area contributed by atoms with Crippen molar-refractivity contribution < 1.29 is 5.11 Å². The molecule has 0 unspecified atom stereocenters. The molecule has 1 heterocycles. The Balaban J connectivity index is 1.79. The van der Waals surface area contributed by atoms with E-state index in [0.717, 1.165) is 26.2 Å². The fourth-order valence-corrected chi connectivity index (χ4v) is 2.73. The normalized spacial score (nSPS) is 18.4. The molecular weight excluding hydrogens is 224 g/mol. The summed E-state index contributed by atoms with van der Waals surface area (Å²) in [7, 11) is 2.22. The Morgan fingerprint density at radius 1 is 1.22 bits per heavy atom. The van der Waals surface area contributed by atoms with Gasteiger partial charge in [0, 0.05) is 19.1 Å². The van der Waals surface area contributed by atoms with Crippen LogP contribution >= 0.6 is 0 Å². The highest BCUT2D eigenvalue weighted by atomic mass is 16.3. The molecule has 3 nitrogen and oxygen atoms in total. The summed E-state index contributed by atoms with van der Waals surface area (Å²) in [5.41, 5.74) is 1.39. The minimum atomic E-state index is 0.282. The molecule has 0 aromatic heterocycles. The zero-order valence-electron chi connectivity index (χ0n) is 11.3. The van der Waals surface area contributed by atoms with E-state index in [1.54, 1.807) is 0 Å². The van der Waals surface area contributed by atoms with E-state index in [1.165, 1.54) is 18.4 Å². The third kappa shape index (κ3) is 3.80. The molecule has 1 N–H and O–H groups in total. The van der Waals surface area contributed by atoms with Crippen molar-refractivity contribution in [2.75, 3.05) is 33.3 Å². The van der Waals surface area contributed by atoms with Crippen LogP contribution in [0.1, 0.15) is 18.4 Å². The Labute approximate surface area is 110 Å². The van der Waals surface area contributed by atoms with Crippen molar-refractivity contribution in [1.29, 1.82) is 0 Å². The van der Waals surface area contributed by atoms with Crippen LogP contribution in [0, 0.1) is 0 Å². The molecule has 18 heavy (non-hydrogen) atoms. The van der Waals surface area contributed by atoms with Gasteiger partial charge in [0.1, 0.15) is 0 Å². The highest BCUT2D eigenvalue weighted by molar-refractivity contribution is 5.14. The van der Waals surface area contributed by atoms with Gasteiger partial charge in [-0.3, -0.25) is 4.90 Å². The van der Waals surface area contributed by atoms with E-state index in [0.29, 0.717) is 6.04 Å². The number of rotatable bonds is 5. The average molecular weight is 248 g/mol. The molecule has 1 aliphatic rings. The first-order chi connectivity index (χ1) is 8.79. The summed E-state index contributed by atoms with van der Waals surface area (Å²) in [5, 5.41) is 8.94. The molecule has 1 saturated heterocycles. The molecule has 0 saturated carbocycles. The zero-order valence-corrected chi connectivity index (χ0v) is 11.3. The van der Waals surface area contributed by atoms with Gasteiger partial charge in [-0.05, 0) is 38.5 Å². The molecule has 3 heteroatoms. The van der Waals surface area contributed by atoms with Crippen LogP contribution in [0.15, 0.2) is 30.3 Å². The van der Waals surface area contributed by atoms with Gasteiger partial charge in [-0.1, -0.05) is 30.3 Å². The number of hydrogen-bond acceptors (Lipinski definition) is 3. The minimum Gasteiger partial charge on any atom is -0.395 e. The third-order valence-electron chi connectivity index (χ3n) is 3.87. The van der Waals surface area contributed by atoms with Crippen molar-refractivity contribution in [3.05, 3.63) is 35.9 Å². The van der Waals surface area contributed by atoms with Crippen LogP contribution in [0.25, 0.3) is 0 Å². The average Bonchev–Trinajstić information content (AvgIpc) is 2.41. The number of likely N-dealkylation sites (tertiary alicyclic amines) is 1. The molecule has 0 amide bonds. The lowest BCUT2D eigenvalue weighted by atomic mass is 10.0. The van der Waals surface area contributed by atoms with E-state index < -0.39 is 0 Å². The highest BCUT2D eigenvalue weighted by Gasteiger charge is 2.21.